The van der Waals surface area contributed by atoms with Gasteiger partial charge in [-0.3, -0.25) is 9.69 Å². The normalized spacial score (nSPS) is 19.8. The van der Waals surface area contributed by atoms with Crippen LogP contribution in [0.3, 0.4) is 0 Å². The third-order valence-corrected chi connectivity index (χ3v) is 6.63. The van der Waals surface area contributed by atoms with E-state index in [1.54, 1.807) is 23.1 Å². The Hall–Kier alpha value is -0.820. The van der Waals surface area contributed by atoms with E-state index < -0.39 is 12.0 Å². The molecule has 0 saturated carbocycles. The number of rotatable bonds is 5. The number of carbonyl (C=O) groups is 1. The van der Waals surface area contributed by atoms with Gasteiger partial charge in [0.1, 0.15) is 6.04 Å². The van der Waals surface area contributed by atoms with Crippen LogP contribution in [0.4, 0.5) is 0 Å². The van der Waals surface area contributed by atoms with Crippen LogP contribution in [0.25, 0.3) is 0 Å². The molecule has 2 unspecified atom stereocenters. The minimum Gasteiger partial charge on any atom is -0.480 e. The summed E-state index contributed by atoms with van der Waals surface area (Å²) in [6.45, 7) is 0.821. The highest BCUT2D eigenvalue weighted by atomic mass is 79.9. The maximum Gasteiger partial charge on any atom is 0.320 e. The monoisotopic (exact) mass is 411 g/mol. The van der Waals surface area contributed by atoms with Gasteiger partial charge < -0.3 is 5.11 Å². The second-order valence-corrected chi connectivity index (χ2v) is 8.93. The molecule has 0 spiro atoms. The lowest BCUT2D eigenvalue weighted by Gasteiger charge is -2.31. The van der Waals surface area contributed by atoms with Crippen LogP contribution in [-0.2, 0) is 4.79 Å². The molecule has 3 rings (SSSR count). The summed E-state index contributed by atoms with van der Waals surface area (Å²) in [5.41, 5.74) is 1.16. The van der Waals surface area contributed by atoms with E-state index >= 15 is 0 Å². The van der Waals surface area contributed by atoms with Crippen molar-refractivity contribution in [3.8, 4) is 0 Å². The van der Waals surface area contributed by atoms with Crippen LogP contribution < -0.4 is 0 Å². The largest absolute Gasteiger partial charge is 0.480 e. The Balaban J connectivity index is 2.01. The molecule has 1 saturated heterocycles. The van der Waals surface area contributed by atoms with E-state index in [1.807, 2.05) is 6.07 Å². The van der Waals surface area contributed by atoms with Crippen molar-refractivity contribution in [3.63, 3.8) is 0 Å². The zero-order valence-corrected chi connectivity index (χ0v) is 16.0. The van der Waals surface area contributed by atoms with E-state index in [0.717, 1.165) is 28.7 Å². The first kappa shape index (κ1) is 17.0. The number of aliphatic carboxylic acids is 1. The van der Waals surface area contributed by atoms with Crippen molar-refractivity contribution < 1.29 is 9.90 Å². The number of carboxylic acid groups (broad SMARTS) is 1. The third kappa shape index (κ3) is 3.65. The Morgan fingerprint density at radius 1 is 1.35 bits per heavy atom. The highest BCUT2D eigenvalue weighted by molar-refractivity contribution is 9.11. The zero-order valence-electron chi connectivity index (χ0n) is 12.7. The number of thiophene rings is 1. The van der Waals surface area contributed by atoms with Crippen LogP contribution >= 0.6 is 39.0 Å². The van der Waals surface area contributed by atoms with Gasteiger partial charge in [0.15, 0.2) is 0 Å². The van der Waals surface area contributed by atoms with Crippen molar-refractivity contribution in [2.45, 2.75) is 29.8 Å². The van der Waals surface area contributed by atoms with Crippen LogP contribution in [0.1, 0.15) is 29.3 Å². The molecule has 2 atom stereocenters. The van der Waals surface area contributed by atoms with E-state index in [2.05, 4.69) is 57.4 Å². The van der Waals surface area contributed by atoms with E-state index in [1.165, 1.54) is 9.77 Å². The first-order chi connectivity index (χ1) is 11.1. The number of carboxylic acids is 1. The van der Waals surface area contributed by atoms with Gasteiger partial charge in [-0.05, 0) is 64.9 Å². The summed E-state index contributed by atoms with van der Waals surface area (Å²) in [6, 6.07) is 12.2. The molecule has 1 N–H and O–H groups in total. The predicted molar refractivity (Wildman–Crippen MR) is 99.4 cm³/mol. The fourth-order valence-electron chi connectivity index (χ4n) is 3.14. The number of benzene rings is 1. The molecule has 0 aliphatic carbocycles. The average molecular weight is 412 g/mol. The maximum atomic E-state index is 11.6. The van der Waals surface area contributed by atoms with Crippen molar-refractivity contribution in [2.75, 3.05) is 12.8 Å². The Bertz CT molecular complexity index is 686. The first-order valence-corrected chi connectivity index (χ1v) is 10.3. The molecule has 1 aliphatic heterocycles. The number of hydrogen-bond acceptors (Lipinski definition) is 4. The highest BCUT2D eigenvalue weighted by Crippen LogP contribution is 2.39. The van der Waals surface area contributed by atoms with E-state index in [9.17, 15) is 9.90 Å². The van der Waals surface area contributed by atoms with E-state index in [4.69, 9.17) is 0 Å². The SMILES string of the molecule is CSc1ccc(C(c2ccc(Br)s2)N2CCCC2C(=O)O)cc1. The van der Waals surface area contributed by atoms with Crippen LogP contribution in [0.5, 0.6) is 0 Å². The van der Waals surface area contributed by atoms with Gasteiger partial charge in [0.05, 0.1) is 9.83 Å². The molecule has 1 aromatic carbocycles. The maximum absolute atomic E-state index is 11.6. The Morgan fingerprint density at radius 2 is 2.09 bits per heavy atom. The van der Waals surface area contributed by atoms with Crippen molar-refractivity contribution in [1.29, 1.82) is 0 Å². The third-order valence-electron chi connectivity index (χ3n) is 4.21. The minimum atomic E-state index is -0.719. The molecule has 1 fully saturated rings. The Labute approximate surface area is 152 Å². The van der Waals surface area contributed by atoms with Crippen LogP contribution in [0, 0.1) is 0 Å². The molecule has 23 heavy (non-hydrogen) atoms. The van der Waals surface area contributed by atoms with Gasteiger partial charge in [-0.25, -0.2) is 0 Å². The van der Waals surface area contributed by atoms with Gasteiger partial charge in [0, 0.05) is 16.3 Å². The zero-order chi connectivity index (χ0) is 16.4. The molecule has 1 aliphatic rings. The summed E-state index contributed by atoms with van der Waals surface area (Å²) in [5.74, 6) is -0.719. The van der Waals surface area contributed by atoms with E-state index in [-0.39, 0.29) is 6.04 Å². The number of thioether (sulfide) groups is 1. The van der Waals surface area contributed by atoms with Crippen molar-refractivity contribution >= 4 is 45.0 Å². The molecule has 2 aromatic rings. The quantitative estimate of drug-likeness (QED) is 0.712. The molecular weight excluding hydrogens is 394 g/mol. The second kappa shape index (κ2) is 7.38. The highest BCUT2D eigenvalue weighted by Gasteiger charge is 2.37. The van der Waals surface area contributed by atoms with Gasteiger partial charge in [-0.15, -0.1) is 23.1 Å². The number of hydrogen-bond donors (Lipinski definition) is 1. The molecule has 1 aromatic heterocycles. The van der Waals surface area contributed by atoms with Crippen LogP contribution in [0.2, 0.25) is 0 Å². The number of nitrogens with zero attached hydrogens (tertiary/aromatic N) is 1. The molecule has 6 heteroatoms. The Kier molecular flexibility index (Phi) is 5.46. The summed E-state index contributed by atoms with van der Waals surface area (Å²) >= 11 is 6.92. The summed E-state index contributed by atoms with van der Waals surface area (Å²) in [5, 5.41) is 9.56. The van der Waals surface area contributed by atoms with Crippen LogP contribution in [0.15, 0.2) is 45.1 Å². The molecule has 122 valence electrons. The predicted octanol–water partition coefficient (Wildman–Crippen LogP) is 4.87. The number of halogens is 1. The smallest absolute Gasteiger partial charge is 0.320 e. The lowest BCUT2D eigenvalue weighted by atomic mass is 10.0. The lowest BCUT2D eigenvalue weighted by molar-refractivity contribution is -0.142. The molecule has 0 radical (unpaired) electrons. The summed E-state index contributed by atoms with van der Waals surface area (Å²) in [4.78, 5) is 16.2. The molecular formula is C17H18BrNO2S2. The molecule has 0 amide bonds. The first-order valence-electron chi connectivity index (χ1n) is 7.48. The Morgan fingerprint density at radius 3 is 2.65 bits per heavy atom. The fourth-order valence-corrected chi connectivity index (χ4v) is 5.13. The van der Waals surface area contributed by atoms with Gasteiger partial charge >= 0.3 is 5.97 Å². The minimum absolute atomic E-state index is 0.00538. The van der Waals surface area contributed by atoms with Gasteiger partial charge in [0.25, 0.3) is 0 Å². The summed E-state index contributed by atoms with van der Waals surface area (Å²) in [7, 11) is 0. The van der Waals surface area contributed by atoms with Crippen molar-refractivity contribution in [2.24, 2.45) is 0 Å². The number of likely N-dealkylation sites (tertiary alicyclic amines) is 1. The van der Waals surface area contributed by atoms with Crippen LogP contribution in [-0.4, -0.2) is 34.8 Å². The van der Waals surface area contributed by atoms with Crippen molar-refractivity contribution in [3.05, 3.63) is 50.6 Å². The molecule has 0 bridgehead atoms. The molecule has 3 nitrogen and oxygen atoms in total. The fraction of sp³-hybridized carbons (Fsp3) is 0.353. The van der Waals surface area contributed by atoms with Gasteiger partial charge in [-0.1, -0.05) is 12.1 Å². The summed E-state index contributed by atoms with van der Waals surface area (Å²) in [6.07, 6.45) is 3.72. The van der Waals surface area contributed by atoms with Gasteiger partial charge in [0.2, 0.25) is 0 Å². The van der Waals surface area contributed by atoms with Crippen molar-refractivity contribution in [1.82, 2.24) is 4.90 Å². The molecule has 2 heterocycles. The topological polar surface area (TPSA) is 40.5 Å². The standard InChI is InChI=1S/C17H18BrNO2S2/c1-22-12-6-4-11(5-7-12)16(14-8-9-15(18)23-14)19-10-2-3-13(19)17(20)21/h4-9,13,16H,2-3,10H2,1H3,(H,20,21). The van der Waals surface area contributed by atoms with Gasteiger partial charge in [-0.2, -0.15) is 0 Å². The average Bonchev–Trinajstić information content (AvgIpc) is 3.18. The second-order valence-electron chi connectivity index (χ2n) is 5.55. The summed E-state index contributed by atoms with van der Waals surface area (Å²) < 4.78 is 1.07. The van der Waals surface area contributed by atoms with E-state index in [0.29, 0.717) is 0 Å². The lowest BCUT2D eigenvalue weighted by Crippen LogP contribution is -2.38.